The summed E-state index contributed by atoms with van der Waals surface area (Å²) in [7, 11) is 3.55. The van der Waals surface area contributed by atoms with Gasteiger partial charge in [0.1, 0.15) is 0 Å². The van der Waals surface area contributed by atoms with Gasteiger partial charge in [0.15, 0.2) is 0 Å². The highest BCUT2D eigenvalue weighted by molar-refractivity contribution is 4.71. The molecule has 1 N–H and O–H groups in total. The van der Waals surface area contributed by atoms with Crippen LogP contribution in [0.25, 0.3) is 0 Å². The fourth-order valence-electron chi connectivity index (χ4n) is 2.50. The van der Waals surface area contributed by atoms with Crippen LogP contribution in [0.1, 0.15) is 25.7 Å². The lowest BCUT2D eigenvalue weighted by molar-refractivity contribution is 0.0988. The second-order valence-corrected chi connectivity index (χ2v) is 5.19. The molecule has 1 aliphatic rings. The number of methoxy groups -OCH3 is 2. The molecule has 0 bridgehead atoms. The number of hydrogen-bond donors (Lipinski definition) is 1. The monoisotopic (exact) mass is 258 g/mol. The molecular formula is C14H30N2O2. The zero-order valence-electron chi connectivity index (χ0n) is 12.1. The zero-order chi connectivity index (χ0) is 13.1. The summed E-state index contributed by atoms with van der Waals surface area (Å²) in [4.78, 5) is 2.60. The maximum Gasteiger partial charge on any atom is 0.0587 e. The second kappa shape index (κ2) is 10.7. The summed E-state index contributed by atoms with van der Waals surface area (Å²) >= 11 is 0. The molecule has 0 spiro atoms. The Labute approximate surface area is 112 Å². The number of likely N-dealkylation sites (tertiary alicyclic amines) is 1. The van der Waals surface area contributed by atoms with Crippen LogP contribution in [0.4, 0.5) is 0 Å². The molecule has 0 radical (unpaired) electrons. The van der Waals surface area contributed by atoms with E-state index in [2.05, 4.69) is 10.2 Å². The van der Waals surface area contributed by atoms with Crippen LogP contribution in [-0.4, -0.2) is 65.1 Å². The quantitative estimate of drug-likeness (QED) is 0.600. The van der Waals surface area contributed by atoms with Crippen molar-refractivity contribution < 1.29 is 9.47 Å². The van der Waals surface area contributed by atoms with Crippen molar-refractivity contribution >= 4 is 0 Å². The van der Waals surface area contributed by atoms with E-state index in [9.17, 15) is 0 Å². The van der Waals surface area contributed by atoms with E-state index in [0.29, 0.717) is 0 Å². The third-order valence-corrected chi connectivity index (χ3v) is 3.67. The second-order valence-electron chi connectivity index (χ2n) is 5.19. The van der Waals surface area contributed by atoms with Gasteiger partial charge in [0, 0.05) is 27.4 Å². The maximum absolute atomic E-state index is 5.22. The van der Waals surface area contributed by atoms with Crippen molar-refractivity contribution in [1.29, 1.82) is 0 Å². The molecule has 0 aromatic heterocycles. The fourth-order valence-corrected chi connectivity index (χ4v) is 2.50. The molecule has 1 fully saturated rings. The summed E-state index contributed by atoms with van der Waals surface area (Å²) in [6.45, 7) is 7.61. The van der Waals surface area contributed by atoms with Gasteiger partial charge in [0.2, 0.25) is 0 Å². The van der Waals surface area contributed by atoms with Crippen LogP contribution < -0.4 is 5.32 Å². The van der Waals surface area contributed by atoms with Crippen molar-refractivity contribution in [2.75, 3.05) is 60.2 Å². The Bertz CT molecular complexity index is 183. The predicted octanol–water partition coefficient (Wildman–Crippen LogP) is 1.36. The van der Waals surface area contributed by atoms with Crippen LogP contribution in [-0.2, 0) is 9.47 Å². The zero-order valence-corrected chi connectivity index (χ0v) is 12.1. The van der Waals surface area contributed by atoms with Crippen LogP contribution in [0, 0.1) is 5.92 Å². The highest BCUT2D eigenvalue weighted by atomic mass is 16.5. The van der Waals surface area contributed by atoms with Gasteiger partial charge in [-0.2, -0.15) is 0 Å². The summed E-state index contributed by atoms with van der Waals surface area (Å²) in [5.41, 5.74) is 0. The number of rotatable bonds is 10. The van der Waals surface area contributed by atoms with Gasteiger partial charge >= 0.3 is 0 Å². The van der Waals surface area contributed by atoms with Crippen LogP contribution in [0.5, 0.6) is 0 Å². The molecular weight excluding hydrogens is 228 g/mol. The third-order valence-electron chi connectivity index (χ3n) is 3.67. The van der Waals surface area contributed by atoms with E-state index in [1.807, 2.05) is 7.11 Å². The fraction of sp³-hybridized carbons (Fsp3) is 1.00. The molecule has 0 aromatic carbocycles. The molecule has 0 aliphatic carbocycles. The van der Waals surface area contributed by atoms with Gasteiger partial charge in [-0.15, -0.1) is 0 Å². The van der Waals surface area contributed by atoms with Crippen LogP contribution in [0.15, 0.2) is 0 Å². The molecule has 18 heavy (non-hydrogen) atoms. The Morgan fingerprint density at radius 1 is 1.06 bits per heavy atom. The topological polar surface area (TPSA) is 33.7 Å². The summed E-state index contributed by atoms with van der Waals surface area (Å²) in [5.74, 6) is 0.793. The Morgan fingerprint density at radius 2 is 1.83 bits per heavy atom. The molecule has 4 nitrogen and oxygen atoms in total. The highest BCUT2D eigenvalue weighted by Gasteiger charge is 2.18. The summed E-state index contributed by atoms with van der Waals surface area (Å²) < 4.78 is 10.2. The number of unbranched alkanes of at least 4 members (excludes halogenated alkanes) is 1. The van der Waals surface area contributed by atoms with E-state index in [1.54, 1.807) is 7.11 Å². The van der Waals surface area contributed by atoms with E-state index >= 15 is 0 Å². The molecule has 1 rings (SSSR count). The van der Waals surface area contributed by atoms with E-state index in [-0.39, 0.29) is 0 Å². The predicted molar refractivity (Wildman–Crippen MR) is 75.0 cm³/mol. The van der Waals surface area contributed by atoms with E-state index < -0.39 is 0 Å². The van der Waals surface area contributed by atoms with Gasteiger partial charge in [0.05, 0.1) is 6.61 Å². The van der Waals surface area contributed by atoms with E-state index in [1.165, 1.54) is 45.3 Å². The summed E-state index contributed by atoms with van der Waals surface area (Å²) in [6.07, 6.45) is 5.18. The van der Waals surface area contributed by atoms with Crippen molar-refractivity contribution in [2.45, 2.75) is 25.7 Å². The van der Waals surface area contributed by atoms with Gasteiger partial charge in [-0.05, 0) is 57.8 Å². The minimum atomic E-state index is 0.793. The molecule has 1 saturated heterocycles. The molecule has 0 amide bonds. The van der Waals surface area contributed by atoms with Crippen molar-refractivity contribution in [1.82, 2.24) is 10.2 Å². The lowest BCUT2D eigenvalue weighted by Gasteiger charge is -2.31. The summed E-state index contributed by atoms with van der Waals surface area (Å²) in [5, 5.41) is 3.39. The first-order valence-corrected chi connectivity index (χ1v) is 7.27. The number of ether oxygens (including phenoxy) is 2. The largest absolute Gasteiger partial charge is 0.384 e. The standard InChI is InChI=1S/C14H30N2O2/c1-17-12-8-15-7-3-4-9-16-10-5-14(6-11-16)13-18-2/h14-15H,3-13H2,1-2H3. The molecule has 0 unspecified atom stereocenters. The molecule has 1 aliphatic heterocycles. The van der Waals surface area contributed by atoms with Gasteiger partial charge in [0.25, 0.3) is 0 Å². The number of nitrogens with one attached hydrogen (secondary N) is 1. The van der Waals surface area contributed by atoms with E-state index in [0.717, 1.165) is 32.2 Å². The normalized spacial score (nSPS) is 18.3. The van der Waals surface area contributed by atoms with Crippen LogP contribution >= 0.6 is 0 Å². The molecule has 0 atom stereocenters. The van der Waals surface area contributed by atoms with Gasteiger partial charge < -0.3 is 19.7 Å². The van der Waals surface area contributed by atoms with Gasteiger partial charge in [-0.1, -0.05) is 0 Å². The van der Waals surface area contributed by atoms with Gasteiger partial charge in [-0.3, -0.25) is 0 Å². The lowest BCUT2D eigenvalue weighted by Crippen LogP contribution is -2.35. The molecule has 0 saturated carbocycles. The molecule has 0 aromatic rings. The lowest BCUT2D eigenvalue weighted by atomic mass is 9.98. The van der Waals surface area contributed by atoms with Crippen molar-refractivity contribution in [3.8, 4) is 0 Å². The maximum atomic E-state index is 5.22. The Morgan fingerprint density at radius 3 is 2.50 bits per heavy atom. The minimum Gasteiger partial charge on any atom is -0.384 e. The molecule has 108 valence electrons. The Hall–Kier alpha value is -0.160. The number of nitrogens with zero attached hydrogens (tertiary/aromatic N) is 1. The molecule has 4 heteroatoms. The average molecular weight is 258 g/mol. The average Bonchev–Trinajstić information content (AvgIpc) is 2.40. The number of piperidine rings is 1. The van der Waals surface area contributed by atoms with Crippen LogP contribution in [0.3, 0.4) is 0 Å². The van der Waals surface area contributed by atoms with Crippen molar-refractivity contribution in [2.24, 2.45) is 5.92 Å². The Balaban J connectivity index is 1.88. The first-order valence-electron chi connectivity index (χ1n) is 7.27. The third kappa shape index (κ3) is 7.31. The summed E-state index contributed by atoms with van der Waals surface area (Å²) in [6, 6.07) is 0. The highest BCUT2D eigenvalue weighted by Crippen LogP contribution is 2.17. The first-order chi connectivity index (χ1) is 8.86. The SMILES string of the molecule is COCCNCCCCN1CCC(COC)CC1. The minimum absolute atomic E-state index is 0.793. The van der Waals surface area contributed by atoms with Crippen molar-refractivity contribution in [3.05, 3.63) is 0 Å². The van der Waals surface area contributed by atoms with Crippen molar-refractivity contribution in [3.63, 3.8) is 0 Å². The smallest absolute Gasteiger partial charge is 0.0587 e. The number of hydrogen-bond acceptors (Lipinski definition) is 4. The van der Waals surface area contributed by atoms with Crippen LogP contribution in [0.2, 0.25) is 0 Å². The Kier molecular flexibility index (Phi) is 9.48. The first kappa shape index (κ1) is 15.9. The molecule has 1 heterocycles. The van der Waals surface area contributed by atoms with E-state index in [4.69, 9.17) is 9.47 Å². The van der Waals surface area contributed by atoms with Gasteiger partial charge in [-0.25, -0.2) is 0 Å².